The van der Waals surface area contributed by atoms with Crippen LogP contribution in [-0.2, 0) is 16.5 Å². The van der Waals surface area contributed by atoms with Gasteiger partial charge in [0, 0.05) is 0 Å². The third kappa shape index (κ3) is 9.53. The minimum Gasteiger partial charge on any atom is -0.870 e. The number of benzene rings is 2. The Morgan fingerprint density at radius 1 is 0.897 bits per heavy atom. The summed E-state index contributed by atoms with van der Waals surface area (Å²) < 4.78 is 36.6. The molecule has 0 atom stereocenters. The fraction of sp³-hybridized carbons (Fsp3) is 0.455. The Morgan fingerprint density at radius 2 is 1.48 bits per heavy atom. The first-order chi connectivity index (χ1) is 13.4. The molecule has 5 nitrogen and oxygen atoms in total. The summed E-state index contributed by atoms with van der Waals surface area (Å²) in [6.07, 6.45) is 10.9. The standard InChI is InChI=1S/C22H30O5S.Na/c1-2-3-4-5-6-7-8-9-10-18-11-16-22(21(23)17-18)27-19-12-14-20(15-13-19)28(24,25)26;/h11-17,23H,2-10H2,1H3,(H,24,25,26);/q;+1/p-1. The van der Waals surface area contributed by atoms with Crippen LogP contribution in [-0.4, -0.2) is 13.0 Å². The van der Waals surface area contributed by atoms with Gasteiger partial charge in [-0.25, -0.2) is 0 Å². The number of ether oxygens (including phenoxy) is 1. The Labute approximate surface area is 196 Å². The first kappa shape index (κ1) is 26.0. The minimum absolute atomic E-state index is 0. The number of unbranched alkanes of at least 4 members (excludes halogenated alkanes) is 7. The number of aryl methyl sites for hydroxylation is 1. The van der Waals surface area contributed by atoms with E-state index in [9.17, 15) is 13.5 Å². The van der Waals surface area contributed by atoms with Crippen LogP contribution < -0.4 is 39.4 Å². The van der Waals surface area contributed by atoms with E-state index in [1.807, 2.05) is 6.07 Å². The summed E-state index contributed by atoms with van der Waals surface area (Å²) in [5.74, 6) is 0.329. The topological polar surface area (TPSA) is 86.7 Å². The van der Waals surface area contributed by atoms with Crippen LogP contribution in [0.15, 0.2) is 47.4 Å². The summed E-state index contributed by atoms with van der Waals surface area (Å²) in [4.78, 5) is -0.220. The van der Waals surface area contributed by atoms with Crippen LogP contribution >= 0.6 is 0 Å². The molecule has 0 unspecified atom stereocenters. The van der Waals surface area contributed by atoms with E-state index in [-0.39, 0.29) is 46.0 Å². The molecule has 0 saturated carbocycles. The molecule has 0 aromatic heterocycles. The largest absolute Gasteiger partial charge is 1.00 e. The third-order valence-corrected chi connectivity index (χ3v) is 5.54. The van der Waals surface area contributed by atoms with E-state index in [4.69, 9.17) is 9.29 Å². The SMILES string of the molecule is CCCCCCCCCCc1ccc(Oc2ccc(S(=O)(=O)O)cc2)c([O-])c1.[Na+]. The summed E-state index contributed by atoms with van der Waals surface area (Å²) in [5.41, 5.74) is 1.00. The Balaban J connectivity index is 0.00000420. The monoisotopic (exact) mass is 428 g/mol. The van der Waals surface area contributed by atoms with E-state index in [2.05, 4.69) is 6.92 Å². The molecule has 2 rings (SSSR count). The molecule has 0 fully saturated rings. The molecule has 0 aliphatic heterocycles. The summed E-state index contributed by atoms with van der Waals surface area (Å²) >= 11 is 0. The van der Waals surface area contributed by atoms with Crippen molar-refractivity contribution in [2.24, 2.45) is 0 Å². The van der Waals surface area contributed by atoms with Crippen molar-refractivity contribution in [1.82, 2.24) is 0 Å². The molecule has 0 spiro atoms. The first-order valence-electron chi connectivity index (χ1n) is 9.95. The molecule has 7 heteroatoms. The second-order valence-electron chi connectivity index (χ2n) is 7.05. The van der Waals surface area contributed by atoms with Crippen molar-refractivity contribution in [3.8, 4) is 17.2 Å². The Bertz CT molecular complexity index is 835. The fourth-order valence-electron chi connectivity index (χ4n) is 3.06. The van der Waals surface area contributed by atoms with Crippen LogP contribution in [0.1, 0.15) is 63.9 Å². The molecule has 0 bridgehead atoms. The quantitative estimate of drug-likeness (QED) is 0.319. The normalized spacial score (nSPS) is 11.1. The molecule has 2 aromatic carbocycles. The molecule has 0 amide bonds. The third-order valence-electron chi connectivity index (χ3n) is 4.68. The van der Waals surface area contributed by atoms with Crippen molar-refractivity contribution < 1.29 is 52.4 Å². The number of rotatable bonds is 12. The smallest absolute Gasteiger partial charge is 0.870 e. The van der Waals surface area contributed by atoms with Gasteiger partial charge < -0.3 is 9.84 Å². The van der Waals surface area contributed by atoms with Gasteiger partial charge in [-0.15, -0.1) is 0 Å². The second kappa shape index (κ2) is 13.3. The zero-order valence-electron chi connectivity index (χ0n) is 17.4. The van der Waals surface area contributed by atoms with E-state index in [1.165, 1.54) is 69.2 Å². The van der Waals surface area contributed by atoms with Gasteiger partial charge in [-0.05, 0) is 48.7 Å². The molecule has 0 aliphatic carbocycles. The summed E-state index contributed by atoms with van der Waals surface area (Å²) in [6, 6.07) is 10.4. The van der Waals surface area contributed by atoms with E-state index in [0.29, 0.717) is 5.75 Å². The predicted molar refractivity (Wildman–Crippen MR) is 109 cm³/mol. The predicted octanol–water partition coefficient (Wildman–Crippen LogP) is 2.49. The maximum absolute atomic E-state index is 12.2. The Kier molecular flexibility index (Phi) is 11.9. The van der Waals surface area contributed by atoms with Gasteiger partial charge in [-0.2, -0.15) is 8.42 Å². The maximum atomic E-state index is 12.2. The van der Waals surface area contributed by atoms with Crippen molar-refractivity contribution >= 4 is 10.1 Å². The number of hydrogen-bond acceptors (Lipinski definition) is 4. The molecule has 154 valence electrons. The molecule has 0 heterocycles. The van der Waals surface area contributed by atoms with Crippen LogP contribution in [0.25, 0.3) is 0 Å². The second-order valence-corrected chi connectivity index (χ2v) is 8.48. The van der Waals surface area contributed by atoms with Crippen LogP contribution in [0.2, 0.25) is 0 Å². The summed E-state index contributed by atoms with van der Waals surface area (Å²) in [7, 11) is -4.24. The average Bonchev–Trinajstić information content (AvgIpc) is 2.66. The molecule has 0 radical (unpaired) electrons. The van der Waals surface area contributed by atoms with Crippen molar-refractivity contribution in [2.75, 3.05) is 0 Å². The van der Waals surface area contributed by atoms with Crippen molar-refractivity contribution in [1.29, 1.82) is 0 Å². The van der Waals surface area contributed by atoms with Crippen LogP contribution in [0.3, 0.4) is 0 Å². The molecule has 29 heavy (non-hydrogen) atoms. The average molecular weight is 429 g/mol. The van der Waals surface area contributed by atoms with Crippen LogP contribution in [0.4, 0.5) is 0 Å². The van der Waals surface area contributed by atoms with E-state index in [1.54, 1.807) is 12.1 Å². The van der Waals surface area contributed by atoms with E-state index < -0.39 is 10.1 Å². The first-order valence-corrected chi connectivity index (χ1v) is 11.4. The Morgan fingerprint density at radius 3 is 2.03 bits per heavy atom. The zero-order chi connectivity index (χ0) is 20.4. The molecule has 2 aromatic rings. The molecule has 1 N–H and O–H groups in total. The van der Waals surface area contributed by atoms with Gasteiger partial charge in [0.15, 0.2) is 0 Å². The van der Waals surface area contributed by atoms with E-state index >= 15 is 0 Å². The van der Waals surface area contributed by atoms with Gasteiger partial charge in [-0.3, -0.25) is 4.55 Å². The Hall–Kier alpha value is -1.05. The molecular formula is C22H29NaO5S. The van der Waals surface area contributed by atoms with Gasteiger partial charge in [0.05, 0.1) is 4.90 Å². The summed E-state index contributed by atoms with van der Waals surface area (Å²) in [5, 5.41) is 12.2. The molecule has 0 saturated heterocycles. The van der Waals surface area contributed by atoms with Gasteiger partial charge >= 0.3 is 29.6 Å². The van der Waals surface area contributed by atoms with Gasteiger partial charge in [0.25, 0.3) is 10.1 Å². The molecule has 0 aliphatic rings. The maximum Gasteiger partial charge on any atom is 1.00 e. The minimum atomic E-state index is -4.24. The van der Waals surface area contributed by atoms with E-state index in [0.717, 1.165) is 18.4 Å². The molecular weight excluding hydrogens is 399 g/mol. The van der Waals surface area contributed by atoms with Gasteiger partial charge in [0.2, 0.25) is 0 Å². The number of hydrogen-bond donors (Lipinski definition) is 1. The van der Waals surface area contributed by atoms with Crippen molar-refractivity contribution in [3.63, 3.8) is 0 Å². The van der Waals surface area contributed by atoms with Gasteiger partial charge in [-0.1, -0.05) is 69.8 Å². The zero-order valence-corrected chi connectivity index (χ0v) is 20.2. The summed E-state index contributed by atoms with van der Waals surface area (Å²) in [6.45, 7) is 2.22. The fourth-order valence-corrected chi connectivity index (χ4v) is 3.54. The van der Waals surface area contributed by atoms with Crippen molar-refractivity contribution in [2.45, 2.75) is 69.6 Å². The van der Waals surface area contributed by atoms with Gasteiger partial charge in [0.1, 0.15) is 11.5 Å². The van der Waals surface area contributed by atoms with Crippen LogP contribution in [0, 0.1) is 0 Å². The van der Waals surface area contributed by atoms with Crippen molar-refractivity contribution in [3.05, 3.63) is 48.0 Å². The van der Waals surface area contributed by atoms with Crippen LogP contribution in [0.5, 0.6) is 17.2 Å².